The molecule has 0 saturated carbocycles. The molecule has 0 amide bonds. The summed E-state index contributed by atoms with van der Waals surface area (Å²) in [7, 11) is 0. The molecule has 9 heteroatoms. The molecule has 0 aliphatic heterocycles. The molecule has 0 unspecified atom stereocenters. The number of aromatic nitrogens is 3. The van der Waals surface area contributed by atoms with Gasteiger partial charge in [0.05, 0.1) is 39.2 Å². The van der Waals surface area contributed by atoms with Gasteiger partial charge < -0.3 is 4.57 Å². The van der Waals surface area contributed by atoms with E-state index in [-0.39, 0.29) is 38.8 Å². The van der Waals surface area contributed by atoms with Crippen LogP contribution in [0.1, 0.15) is 63.8 Å². The molecular formula is C56H45F6N3. The van der Waals surface area contributed by atoms with Gasteiger partial charge in [0.15, 0.2) is 5.82 Å². The predicted molar refractivity (Wildman–Crippen MR) is 251 cm³/mol. The van der Waals surface area contributed by atoms with E-state index in [1.54, 1.807) is 18.2 Å². The maximum Gasteiger partial charge on any atom is 0.417 e. The fourth-order valence-electron chi connectivity index (χ4n) is 8.63. The van der Waals surface area contributed by atoms with Gasteiger partial charge in [-0.3, -0.25) is 0 Å². The lowest BCUT2D eigenvalue weighted by atomic mass is 9.85. The van der Waals surface area contributed by atoms with Gasteiger partial charge in [-0.1, -0.05) is 151 Å². The fraction of sp³-hybridized carbons (Fsp3) is 0.179. The highest BCUT2D eigenvalue weighted by molar-refractivity contribution is 6.11. The van der Waals surface area contributed by atoms with Crippen LogP contribution in [0.4, 0.5) is 26.3 Å². The first-order valence-corrected chi connectivity index (χ1v) is 21.4. The average Bonchev–Trinajstić information content (AvgIpc) is 3.60. The Labute approximate surface area is 374 Å². The lowest BCUT2D eigenvalue weighted by molar-refractivity contribution is -0.137. The van der Waals surface area contributed by atoms with E-state index in [4.69, 9.17) is 9.97 Å². The minimum Gasteiger partial charge on any atom is -0.308 e. The quantitative estimate of drug-likeness (QED) is 0.156. The molecular weight excluding hydrogens is 829 g/mol. The molecule has 65 heavy (non-hydrogen) atoms. The van der Waals surface area contributed by atoms with Crippen LogP contribution in [0.15, 0.2) is 164 Å². The van der Waals surface area contributed by atoms with Crippen LogP contribution in [0.5, 0.6) is 0 Å². The van der Waals surface area contributed by atoms with Crippen LogP contribution in [-0.2, 0) is 23.2 Å². The van der Waals surface area contributed by atoms with Crippen LogP contribution in [0, 0.1) is 0 Å². The molecule has 2 heterocycles. The lowest BCUT2D eigenvalue weighted by Crippen LogP contribution is -2.12. The Kier molecular flexibility index (Phi) is 10.6. The summed E-state index contributed by atoms with van der Waals surface area (Å²) >= 11 is 0. The molecule has 0 radical (unpaired) electrons. The monoisotopic (exact) mass is 873 g/mol. The highest BCUT2D eigenvalue weighted by Gasteiger charge is 2.37. The van der Waals surface area contributed by atoms with Gasteiger partial charge >= 0.3 is 12.4 Å². The molecule has 0 spiro atoms. The van der Waals surface area contributed by atoms with Gasteiger partial charge in [-0.25, -0.2) is 9.97 Å². The minimum atomic E-state index is -4.83. The zero-order valence-electron chi connectivity index (χ0n) is 36.7. The molecule has 0 bridgehead atoms. The van der Waals surface area contributed by atoms with Crippen LogP contribution >= 0.6 is 0 Å². The molecule has 326 valence electrons. The van der Waals surface area contributed by atoms with E-state index in [1.807, 2.05) is 89.5 Å². The number of benzene rings is 7. The first kappa shape index (κ1) is 43.3. The first-order chi connectivity index (χ1) is 30.8. The second-order valence-corrected chi connectivity index (χ2v) is 18.5. The zero-order valence-corrected chi connectivity index (χ0v) is 36.7. The number of hydrogen-bond donors (Lipinski definition) is 0. The van der Waals surface area contributed by atoms with Crippen molar-refractivity contribution in [1.29, 1.82) is 0 Å². The van der Waals surface area contributed by atoms with Crippen molar-refractivity contribution in [3.05, 3.63) is 186 Å². The Morgan fingerprint density at radius 3 is 1.22 bits per heavy atom. The maximum absolute atomic E-state index is 15.4. The average molecular weight is 874 g/mol. The predicted octanol–water partition coefficient (Wildman–Crippen LogP) is 16.5. The van der Waals surface area contributed by atoms with E-state index < -0.39 is 23.5 Å². The molecule has 7 aromatic carbocycles. The van der Waals surface area contributed by atoms with E-state index in [0.29, 0.717) is 39.4 Å². The van der Waals surface area contributed by atoms with Crippen molar-refractivity contribution < 1.29 is 26.3 Å². The summed E-state index contributed by atoms with van der Waals surface area (Å²) in [4.78, 5) is 9.92. The summed E-state index contributed by atoms with van der Waals surface area (Å²) in [5.74, 6) is 0.340. The summed E-state index contributed by atoms with van der Waals surface area (Å²) < 4.78 is 94.2. The standard InChI is InChI=1S/C56H45F6N3/c1-53(2,3)37-25-27-49-41(31-37)42-32-38(54(4,5)6)26-28-50(42)65(49)51-43(39-21-13-15-23-45(39)55(57,58)59)29-36(30-44(51)40-22-14-16-24-46(40)56(60,61)62)48-33-47(34-17-9-7-10-18-34)63-52(64-48)35-19-11-8-12-20-35/h7-33H,1-6H3. The number of fused-ring (bicyclic) bond motifs is 3. The normalized spacial score (nSPS) is 12.6. The number of rotatable bonds is 6. The molecule has 0 N–H and O–H groups in total. The fourth-order valence-corrected chi connectivity index (χ4v) is 8.63. The van der Waals surface area contributed by atoms with E-state index >= 15 is 26.3 Å². The van der Waals surface area contributed by atoms with Crippen LogP contribution < -0.4 is 0 Å². The summed E-state index contributed by atoms with van der Waals surface area (Å²) in [5.41, 5.74) is 3.39. The van der Waals surface area contributed by atoms with Gasteiger partial charge in [0.25, 0.3) is 0 Å². The molecule has 3 nitrogen and oxygen atoms in total. The van der Waals surface area contributed by atoms with Gasteiger partial charge in [0.1, 0.15) is 0 Å². The van der Waals surface area contributed by atoms with Crippen molar-refractivity contribution in [2.24, 2.45) is 0 Å². The number of alkyl halides is 6. The molecule has 9 aromatic rings. The molecule has 0 saturated heterocycles. The Morgan fingerprint density at radius 2 is 0.785 bits per heavy atom. The number of hydrogen-bond acceptors (Lipinski definition) is 2. The van der Waals surface area contributed by atoms with E-state index in [9.17, 15) is 0 Å². The Bertz CT molecular complexity index is 3030. The van der Waals surface area contributed by atoms with Gasteiger partial charge in [0.2, 0.25) is 0 Å². The first-order valence-electron chi connectivity index (χ1n) is 21.4. The van der Waals surface area contributed by atoms with Crippen molar-refractivity contribution in [3.63, 3.8) is 0 Å². The minimum absolute atomic E-state index is 0.0714. The second-order valence-electron chi connectivity index (χ2n) is 18.5. The van der Waals surface area contributed by atoms with Gasteiger partial charge in [-0.2, -0.15) is 26.3 Å². The Balaban J connectivity index is 1.50. The summed E-state index contributed by atoms with van der Waals surface area (Å²) in [5, 5.41) is 1.65. The van der Waals surface area contributed by atoms with Crippen LogP contribution in [0.2, 0.25) is 0 Å². The summed E-state index contributed by atoms with van der Waals surface area (Å²) in [6.07, 6.45) is -9.65. The van der Waals surface area contributed by atoms with Crippen LogP contribution in [0.25, 0.3) is 83.6 Å². The lowest BCUT2D eigenvalue weighted by Gasteiger charge is -2.25. The number of nitrogens with zero attached hydrogens (tertiary/aromatic N) is 3. The third-order valence-corrected chi connectivity index (χ3v) is 12.0. The third-order valence-electron chi connectivity index (χ3n) is 12.0. The van der Waals surface area contributed by atoms with Crippen LogP contribution in [0.3, 0.4) is 0 Å². The summed E-state index contributed by atoms with van der Waals surface area (Å²) in [6, 6.07) is 46.2. The van der Waals surface area contributed by atoms with E-state index in [0.717, 1.165) is 39.6 Å². The van der Waals surface area contributed by atoms with Gasteiger partial charge in [-0.05, 0) is 87.7 Å². The van der Waals surface area contributed by atoms with Crippen LogP contribution in [-0.4, -0.2) is 14.5 Å². The highest BCUT2D eigenvalue weighted by Crippen LogP contribution is 2.49. The summed E-state index contributed by atoms with van der Waals surface area (Å²) in [6.45, 7) is 12.6. The SMILES string of the molecule is CC(C)(C)c1ccc2c(c1)c1cc(C(C)(C)C)ccc1n2-c1c(-c2ccccc2C(F)(F)F)cc(-c2cc(-c3ccccc3)nc(-c3ccccc3)n2)cc1-c1ccccc1C(F)(F)F. The molecule has 0 fully saturated rings. The largest absolute Gasteiger partial charge is 0.417 e. The van der Waals surface area contributed by atoms with E-state index in [1.165, 1.54) is 36.4 Å². The Hall–Kier alpha value is -7.00. The molecule has 9 rings (SSSR count). The third kappa shape index (κ3) is 8.20. The van der Waals surface area contributed by atoms with Crippen molar-refractivity contribution in [1.82, 2.24) is 14.5 Å². The zero-order chi connectivity index (χ0) is 46.1. The van der Waals surface area contributed by atoms with Crippen molar-refractivity contribution >= 4 is 21.8 Å². The number of halogens is 6. The van der Waals surface area contributed by atoms with E-state index in [2.05, 4.69) is 53.7 Å². The molecule has 0 aliphatic rings. The molecule has 0 aliphatic carbocycles. The topological polar surface area (TPSA) is 30.7 Å². The molecule has 0 atom stereocenters. The van der Waals surface area contributed by atoms with Gasteiger partial charge in [-0.15, -0.1) is 0 Å². The Morgan fingerprint density at radius 1 is 0.385 bits per heavy atom. The van der Waals surface area contributed by atoms with Crippen molar-refractivity contribution in [2.75, 3.05) is 0 Å². The molecule has 2 aromatic heterocycles. The maximum atomic E-state index is 15.4. The highest BCUT2D eigenvalue weighted by atomic mass is 19.4. The van der Waals surface area contributed by atoms with Gasteiger partial charge in [0, 0.05) is 38.6 Å². The van der Waals surface area contributed by atoms with Crippen molar-refractivity contribution in [3.8, 4) is 61.8 Å². The second kappa shape index (κ2) is 15.9. The smallest absolute Gasteiger partial charge is 0.308 e. The van der Waals surface area contributed by atoms with Crippen molar-refractivity contribution in [2.45, 2.75) is 64.7 Å².